The Morgan fingerprint density at radius 2 is 1.87 bits per heavy atom. The Hall–Kier alpha value is -2.76. The van der Waals surface area contributed by atoms with Crippen LogP contribution in [0.5, 0.6) is 0 Å². The molecule has 1 aromatic heterocycles. The summed E-state index contributed by atoms with van der Waals surface area (Å²) < 4.78 is 32.4. The van der Waals surface area contributed by atoms with E-state index in [0.29, 0.717) is 56.4 Å². The number of carbonyl (C=O) groups is 1. The molecule has 11 heteroatoms. The molecule has 1 saturated heterocycles. The Labute approximate surface area is 231 Å². The molecule has 0 spiro atoms. The normalized spacial score (nSPS) is 21.2. The molecule has 3 aliphatic rings. The molecule has 2 amide bonds. The topological polar surface area (TPSA) is 117 Å². The number of hydrogen-bond donors (Lipinski definition) is 2. The smallest absolute Gasteiger partial charge is 0.319 e. The van der Waals surface area contributed by atoms with Gasteiger partial charge in [0.2, 0.25) is 0 Å². The van der Waals surface area contributed by atoms with Gasteiger partial charge in [-0.2, -0.15) is 0 Å². The monoisotopic (exact) mass is 556 g/mol. The molecule has 0 bridgehead atoms. The number of likely N-dealkylation sites (N-methyl/N-ethyl adjacent to an activating group) is 1. The van der Waals surface area contributed by atoms with Crippen molar-refractivity contribution in [1.29, 1.82) is 0 Å². The third-order valence-electron chi connectivity index (χ3n) is 8.08. The second-order valence-electron chi connectivity index (χ2n) is 11.3. The lowest BCUT2D eigenvalue weighted by Gasteiger charge is -2.35. The van der Waals surface area contributed by atoms with E-state index in [4.69, 9.17) is 14.7 Å². The zero-order valence-electron chi connectivity index (χ0n) is 23.1. The molecule has 1 aromatic carbocycles. The Balaban J connectivity index is 1.44. The van der Waals surface area contributed by atoms with Crippen LogP contribution in [0.4, 0.5) is 16.3 Å². The molecule has 212 valence electrons. The van der Waals surface area contributed by atoms with Crippen molar-refractivity contribution in [2.45, 2.75) is 61.5 Å². The predicted octanol–water partition coefficient (Wildman–Crippen LogP) is 3.40. The number of aromatic nitrogens is 2. The summed E-state index contributed by atoms with van der Waals surface area (Å²) in [4.78, 5) is 26.2. The lowest BCUT2D eigenvalue weighted by molar-refractivity contribution is 0.0985. The van der Waals surface area contributed by atoms with Crippen LogP contribution in [-0.4, -0.2) is 87.6 Å². The number of nitrogens with zero attached hydrogens (tertiary/aromatic N) is 4. The molecule has 2 saturated carbocycles. The summed E-state index contributed by atoms with van der Waals surface area (Å²) in [7, 11) is 0.544. The van der Waals surface area contributed by atoms with Gasteiger partial charge >= 0.3 is 6.03 Å². The molecule has 39 heavy (non-hydrogen) atoms. The van der Waals surface area contributed by atoms with Crippen LogP contribution >= 0.6 is 0 Å². The molecule has 1 aliphatic heterocycles. The third kappa shape index (κ3) is 5.90. The standard InChI is InChI=1S/C28H40N6O4S/c1-20-19-38-17-16-34(20)25-18-24(28(12-13-28)39(36,37)23-6-4-5-7-23)31-26(32-25)21-8-10-22(11-9-21)30-27(35)29-14-15-33(2)3/h8-11,18,20,23H,4-7,12-17,19H2,1-3H3,(H2,29,30,35)/t20-/m0/s1. The van der Waals surface area contributed by atoms with Gasteiger partial charge in [-0.3, -0.25) is 0 Å². The third-order valence-corrected chi connectivity index (χ3v) is 11.1. The van der Waals surface area contributed by atoms with Crippen molar-refractivity contribution in [3.05, 3.63) is 36.0 Å². The van der Waals surface area contributed by atoms with Crippen LogP contribution in [0.15, 0.2) is 30.3 Å². The lowest BCUT2D eigenvalue weighted by Crippen LogP contribution is -2.44. The van der Waals surface area contributed by atoms with Crippen molar-refractivity contribution < 1.29 is 17.9 Å². The average molecular weight is 557 g/mol. The first-order valence-corrected chi connectivity index (χ1v) is 15.5. The summed E-state index contributed by atoms with van der Waals surface area (Å²) in [5.74, 6) is 1.23. The van der Waals surface area contributed by atoms with Crippen molar-refractivity contribution in [3.63, 3.8) is 0 Å². The second kappa shape index (κ2) is 11.4. The molecule has 2 N–H and O–H groups in total. The molecule has 10 nitrogen and oxygen atoms in total. The van der Waals surface area contributed by atoms with Crippen LogP contribution in [0.25, 0.3) is 11.4 Å². The maximum atomic E-state index is 13.8. The summed E-state index contributed by atoms with van der Waals surface area (Å²) in [6.45, 7) is 5.27. The predicted molar refractivity (Wildman–Crippen MR) is 153 cm³/mol. The van der Waals surface area contributed by atoms with Crippen LogP contribution in [0, 0.1) is 0 Å². The van der Waals surface area contributed by atoms with Gasteiger partial charge in [-0.05, 0) is 71.0 Å². The van der Waals surface area contributed by atoms with Crippen LogP contribution in [0.3, 0.4) is 0 Å². The number of anilines is 2. The van der Waals surface area contributed by atoms with E-state index < -0.39 is 14.6 Å². The van der Waals surface area contributed by atoms with E-state index in [1.165, 1.54) is 0 Å². The minimum absolute atomic E-state index is 0.119. The molecular weight excluding hydrogens is 516 g/mol. The molecule has 5 rings (SSSR count). The molecule has 2 aromatic rings. The fourth-order valence-corrected chi connectivity index (χ4v) is 8.26. The van der Waals surface area contributed by atoms with E-state index in [9.17, 15) is 13.2 Å². The van der Waals surface area contributed by atoms with Gasteiger partial charge in [-0.25, -0.2) is 23.2 Å². The number of amides is 2. The Morgan fingerprint density at radius 1 is 1.15 bits per heavy atom. The Bertz CT molecular complexity index is 1270. The van der Waals surface area contributed by atoms with Crippen molar-refractivity contribution in [1.82, 2.24) is 20.2 Å². The summed E-state index contributed by atoms with van der Waals surface area (Å²) in [6.07, 6.45) is 4.64. The van der Waals surface area contributed by atoms with Gasteiger partial charge in [-0.15, -0.1) is 0 Å². The number of carbonyl (C=O) groups excluding carboxylic acids is 1. The highest BCUT2D eigenvalue weighted by atomic mass is 32.2. The fraction of sp³-hybridized carbons (Fsp3) is 0.607. The average Bonchev–Trinajstić information content (AvgIpc) is 3.55. The van der Waals surface area contributed by atoms with Crippen molar-refractivity contribution >= 4 is 27.4 Å². The van der Waals surface area contributed by atoms with Gasteiger partial charge in [0.15, 0.2) is 15.7 Å². The molecular formula is C28H40N6O4S. The van der Waals surface area contributed by atoms with Crippen LogP contribution in [0.2, 0.25) is 0 Å². The number of sulfone groups is 1. The van der Waals surface area contributed by atoms with E-state index in [2.05, 4.69) is 22.5 Å². The first kappa shape index (κ1) is 27.8. The summed E-state index contributed by atoms with van der Waals surface area (Å²) in [5.41, 5.74) is 2.03. The largest absolute Gasteiger partial charge is 0.377 e. The Morgan fingerprint density at radius 3 is 2.51 bits per heavy atom. The number of morpholine rings is 1. The number of ether oxygens (including phenoxy) is 1. The van der Waals surface area contributed by atoms with E-state index >= 15 is 0 Å². The van der Waals surface area contributed by atoms with Crippen molar-refractivity contribution in [2.75, 3.05) is 57.2 Å². The highest BCUT2D eigenvalue weighted by Gasteiger charge is 2.59. The zero-order valence-corrected chi connectivity index (χ0v) is 24.0. The number of hydrogen-bond acceptors (Lipinski definition) is 8. The minimum Gasteiger partial charge on any atom is -0.377 e. The first-order valence-electron chi connectivity index (χ1n) is 14.0. The van der Waals surface area contributed by atoms with Crippen LogP contribution in [-0.2, 0) is 19.3 Å². The highest BCUT2D eigenvalue weighted by Crippen LogP contribution is 2.55. The minimum atomic E-state index is -3.36. The maximum absolute atomic E-state index is 13.8. The maximum Gasteiger partial charge on any atom is 0.319 e. The van der Waals surface area contributed by atoms with E-state index in [1.54, 1.807) is 0 Å². The van der Waals surface area contributed by atoms with Gasteiger partial charge in [0.1, 0.15) is 10.6 Å². The number of benzene rings is 1. The highest BCUT2D eigenvalue weighted by molar-refractivity contribution is 7.93. The van der Waals surface area contributed by atoms with Gasteiger partial charge in [-0.1, -0.05) is 12.8 Å². The lowest BCUT2D eigenvalue weighted by atomic mass is 10.1. The summed E-state index contributed by atoms with van der Waals surface area (Å²) in [6, 6.07) is 9.12. The van der Waals surface area contributed by atoms with Crippen LogP contribution < -0.4 is 15.5 Å². The van der Waals surface area contributed by atoms with Gasteiger partial charge in [0.05, 0.1) is 30.2 Å². The first-order chi connectivity index (χ1) is 18.7. The van der Waals surface area contributed by atoms with E-state index in [0.717, 1.165) is 43.6 Å². The van der Waals surface area contributed by atoms with E-state index in [1.807, 2.05) is 49.3 Å². The summed E-state index contributed by atoms with van der Waals surface area (Å²) in [5, 5.41) is 5.41. The molecule has 0 unspecified atom stereocenters. The number of nitrogens with one attached hydrogen (secondary N) is 2. The molecule has 1 atom stereocenters. The van der Waals surface area contributed by atoms with Gasteiger partial charge in [0.25, 0.3) is 0 Å². The zero-order chi connectivity index (χ0) is 27.6. The molecule has 2 heterocycles. The molecule has 0 radical (unpaired) electrons. The van der Waals surface area contributed by atoms with E-state index in [-0.39, 0.29) is 17.3 Å². The Kier molecular flexibility index (Phi) is 8.11. The molecule has 3 fully saturated rings. The second-order valence-corrected chi connectivity index (χ2v) is 13.8. The van der Waals surface area contributed by atoms with Crippen molar-refractivity contribution in [3.8, 4) is 11.4 Å². The van der Waals surface area contributed by atoms with Crippen molar-refractivity contribution in [2.24, 2.45) is 0 Å². The number of rotatable bonds is 9. The summed E-state index contributed by atoms with van der Waals surface area (Å²) >= 11 is 0. The molecule has 2 aliphatic carbocycles. The van der Waals surface area contributed by atoms with Crippen LogP contribution in [0.1, 0.15) is 51.1 Å². The van der Waals surface area contributed by atoms with Gasteiger partial charge in [0, 0.05) is 37.0 Å². The number of urea groups is 1. The fourth-order valence-electron chi connectivity index (χ4n) is 5.60. The van der Waals surface area contributed by atoms with Gasteiger partial charge < -0.3 is 25.2 Å². The quantitative estimate of drug-likeness (QED) is 0.483. The SMILES string of the molecule is C[C@H]1COCCN1c1cc(C2(S(=O)(=O)C3CCCC3)CC2)nc(-c2ccc(NC(=O)NCCN(C)C)cc2)n1.